The first-order valence-electron chi connectivity index (χ1n) is 9.07. The second-order valence-corrected chi connectivity index (χ2v) is 6.63. The zero-order valence-electron chi connectivity index (χ0n) is 16.0. The molecule has 1 aliphatic rings. The lowest BCUT2D eigenvalue weighted by molar-refractivity contribution is 0.0961. The summed E-state index contributed by atoms with van der Waals surface area (Å²) in [6.45, 7) is 2.06. The highest BCUT2D eigenvalue weighted by atomic mass is 16.5. The maximum atomic E-state index is 13.6. The van der Waals surface area contributed by atoms with Crippen LogP contribution in [0.1, 0.15) is 33.2 Å². The fourth-order valence-electron chi connectivity index (χ4n) is 3.70. The molecule has 0 saturated heterocycles. The number of anilines is 1. The van der Waals surface area contributed by atoms with Crippen LogP contribution in [0.15, 0.2) is 54.6 Å². The molecule has 0 spiro atoms. The maximum Gasteiger partial charge on any atom is 0.319 e. The molecular weight excluding hydrogens is 354 g/mol. The molecule has 0 fully saturated rings. The van der Waals surface area contributed by atoms with Crippen LogP contribution in [0, 0.1) is 6.92 Å². The van der Waals surface area contributed by atoms with Crippen molar-refractivity contribution in [3.05, 3.63) is 77.0 Å². The number of methoxy groups -OCH3 is 2. The highest BCUT2D eigenvalue weighted by Crippen LogP contribution is 2.40. The van der Waals surface area contributed by atoms with Gasteiger partial charge in [-0.3, -0.25) is 4.79 Å². The number of amides is 1. The van der Waals surface area contributed by atoms with Crippen molar-refractivity contribution in [3.8, 4) is 11.9 Å². The van der Waals surface area contributed by atoms with Gasteiger partial charge < -0.3 is 14.4 Å². The van der Waals surface area contributed by atoms with E-state index in [2.05, 4.69) is 29.0 Å². The summed E-state index contributed by atoms with van der Waals surface area (Å²) >= 11 is 0. The van der Waals surface area contributed by atoms with E-state index in [0.29, 0.717) is 17.7 Å². The number of nitrogens with zero attached hydrogens (tertiary/aromatic N) is 3. The summed E-state index contributed by atoms with van der Waals surface area (Å²) in [5, 5.41) is 0. The van der Waals surface area contributed by atoms with E-state index in [9.17, 15) is 4.79 Å². The van der Waals surface area contributed by atoms with E-state index in [4.69, 9.17) is 9.47 Å². The predicted molar refractivity (Wildman–Crippen MR) is 106 cm³/mol. The fraction of sp³-hybridized carbons (Fsp3) is 0.227. The summed E-state index contributed by atoms with van der Waals surface area (Å²) in [4.78, 5) is 24.1. The van der Waals surface area contributed by atoms with E-state index in [1.807, 2.05) is 47.4 Å². The lowest BCUT2D eigenvalue weighted by Gasteiger charge is -2.37. The van der Waals surface area contributed by atoms with E-state index in [0.717, 1.165) is 16.8 Å². The SMILES string of the molecule is COc1nc2c(c(OC)n1)C(=O)N(c1ccccc1)C(c1ccccc1C)C2. The summed E-state index contributed by atoms with van der Waals surface area (Å²) in [6.07, 6.45) is 0.538. The minimum Gasteiger partial charge on any atom is -0.480 e. The van der Waals surface area contributed by atoms with Gasteiger partial charge in [0.05, 0.1) is 26.0 Å². The molecule has 1 amide bonds. The number of aromatic nitrogens is 2. The summed E-state index contributed by atoms with van der Waals surface area (Å²) < 4.78 is 10.6. The third kappa shape index (κ3) is 2.97. The number of carbonyl (C=O) groups excluding carboxylic acids is 1. The molecular formula is C22H21N3O3. The third-order valence-electron chi connectivity index (χ3n) is 5.02. The second-order valence-electron chi connectivity index (χ2n) is 6.63. The summed E-state index contributed by atoms with van der Waals surface area (Å²) in [5.41, 5.74) is 4.05. The molecule has 1 aliphatic heterocycles. The van der Waals surface area contributed by atoms with Crippen molar-refractivity contribution >= 4 is 11.6 Å². The minimum absolute atomic E-state index is 0.180. The molecule has 1 aromatic heterocycles. The molecule has 0 saturated carbocycles. The van der Waals surface area contributed by atoms with Crippen molar-refractivity contribution in [2.75, 3.05) is 19.1 Å². The molecule has 2 aromatic carbocycles. The number of hydrogen-bond donors (Lipinski definition) is 0. The molecule has 6 nitrogen and oxygen atoms in total. The van der Waals surface area contributed by atoms with Crippen LogP contribution < -0.4 is 14.4 Å². The van der Waals surface area contributed by atoms with Gasteiger partial charge in [-0.05, 0) is 30.2 Å². The van der Waals surface area contributed by atoms with Crippen LogP contribution in [0.5, 0.6) is 11.9 Å². The highest BCUT2D eigenvalue weighted by molar-refractivity contribution is 6.10. The van der Waals surface area contributed by atoms with Crippen molar-refractivity contribution in [2.45, 2.75) is 19.4 Å². The number of aryl methyl sites for hydroxylation is 1. The van der Waals surface area contributed by atoms with E-state index >= 15 is 0 Å². The Bertz CT molecular complexity index is 1020. The first kappa shape index (κ1) is 18.0. The second kappa shape index (κ2) is 7.31. The Morgan fingerprint density at radius 3 is 2.36 bits per heavy atom. The number of fused-ring (bicyclic) bond motifs is 1. The topological polar surface area (TPSA) is 64.5 Å². The largest absolute Gasteiger partial charge is 0.480 e. The van der Waals surface area contributed by atoms with Crippen molar-refractivity contribution in [1.82, 2.24) is 9.97 Å². The number of hydrogen-bond acceptors (Lipinski definition) is 5. The van der Waals surface area contributed by atoms with Crippen molar-refractivity contribution in [1.29, 1.82) is 0 Å². The Kier molecular flexibility index (Phi) is 4.69. The average molecular weight is 375 g/mol. The van der Waals surface area contributed by atoms with Crippen LogP contribution >= 0.6 is 0 Å². The number of benzene rings is 2. The van der Waals surface area contributed by atoms with Crippen LogP contribution in [-0.2, 0) is 6.42 Å². The van der Waals surface area contributed by atoms with E-state index in [1.165, 1.54) is 14.2 Å². The zero-order chi connectivity index (χ0) is 19.7. The quantitative estimate of drug-likeness (QED) is 0.695. The molecule has 6 heteroatoms. The standard InChI is InChI=1S/C22H21N3O3/c1-14-9-7-8-12-16(14)18-13-17-19(20(27-2)24-22(23-17)28-3)21(26)25(18)15-10-5-4-6-11-15/h4-12,18H,13H2,1-3H3. The summed E-state index contributed by atoms with van der Waals surface area (Å²) in [5.74, 6) is 0.0521. The van der Waals surface area contributed by atoms with Gasteiger partial charge in [0.2, 0.25) is 5.88 Å². The van der Waals surface area contributed by atoms with Gasteiger partial charge in [-0.2, -0.15) is 9.97 Å². The van der Waals surface area contributed by atoms with E-state index in [1.54, 1.807) is 0 Å². The van der Waals surface area contributed by atoms with Crippen LogP contribution in [0.2, 0.25) is 0 Å². The van der Waals surface area contributed by atoms with E-state index < -0.39 is 0 Å². The van der Waals surface area contributed by atoms with Gasteiger partial charge in [0.1, 0.15) is 5.56 Å². The van der Waals surface area contributed by atoms with Gasteiger partial charge in [0.25, 0.3) is 5.91 Å². The lowest BCUT2D eigenvalue weighted by Crippen LogP contribution is -2.41. The number of carbonyl (C=O) groups is 1. The molecule has 4 rings (SSSR count). The van der Waals surface area contributed by atoms with Crippen LogP contribution in [0.4, 0.5) is 5.69 Å². The van der Waals surface area contributed by atoms with Gasteiger partial charge >= 0.3 is 6.01 Å². The monoisotopic (exact) mass is 375 g/mol. The minimum atomic E-state index is -0.187. The molecule has 3 aromatic rings. The number of ether oxygens (including phenoxy) is 2. The fourth-order valence-corrected chi connectivity index (χ4v) is 3.70. The zero-order valence-corrected chi connectivity index (χ0v) is 16.0. The van der Waals surface area contributed by atoms with Gasteiger partial charge in [0, 0.05) is 12.1 Å². The van der Waals surface area contributed by atoms with Crippen LogP contribution in [0.25, 0.3) is 0 Å². The molecule has 0 N–H and O–H groups in total. The van der Waals surface area contributed by atoms with Gasteiger partial charge in [-0.25, -0.2) is 0 Å². The lowest BCUT2D eigenvalue weighted by atomic mass is 9.90. The molecule has 0 bridgehead atoms. The van der Waals surface area contributed by atoms with Crippen molar-refractivity contribution in [2.24, 2.45) is 0 Å². The molecule has 2 heterocycles. The molecule has 0 radical (unpaired) electrons. The smallest absolute Gasteiger partial charge is 0.319 e. The van der Waals surface area contributed by atoms with Crippen molar-refractivity contribution < 1.29 is 14.3 Å². The average Bonchev–Trinajstić information content (AvgIpc) is 2.73. The number of rotatable bonds is 4. The summed E-state index contributed by atoms with van der Waals surface area (Å²) in [7, 11) is 3.00. The molecule has 142 valence electrons. The Hall–Kier alpha value is -3.41. The Morgan fingerprint density at radius 1 is 0.964 bits per heavy atom. The first-order chi connectivity index (χ1) is 13.6. The predicted octanol–water partition coefficient (Wildman–Crippen LogP) is 3.75. The van der Waals surface area contributed by atoms with Crippen LogP contribution in [-0.4, -0.2) is 30.1 Å². The Morgan fingerprint density at radius 2 is 1.68 bits per heavy atom. The van der Waals surface area contributed by atoms with Gasteiger partial charge in [0.15, 0.2) is 0 Å². The van der Waals surface area contributed by atoms with Crippen LogP contribution in [0.3, 0.4) is 0 Å². The maximum absolute atomic E-state index is 13.6. The van der Waals surface area contributed by atoms with Gasteiger partial charge in [-0.1, -0.05) is 42.5 Å². The molecule has 28 heavy (non-hydrogen) atoms. The number of para-hydroxylation sites is 1. The van der Waals surface area contributed by atoms with Gasteiger partial charge in [-0.15, -0.1) is 0 Å². The summed E-state index contributed by atoms with van der Waals surface area (Å²) in [6, 6.07) is 17.8. The normalized spacial score (nSPS) is 15.9. The Balaban J connectivity index is 1.93. The Labute approximate surface area is 163 Å². The van der Waals surface area contributed by atoms with E-state index in [-0.39, 0.29) is 23.8 Å². The molecule has 1 unspecified atom stereocenters. The first-order valence-corrected chi connectivity index (χ1v) is 9.07. The molecule has 0 aliphatic carbocycles. The molecule has 1 atom stereocenters. The van der Waals surface area contributed by atoms with Crippen molar-refractivity contribution in [3.63, 3.8) is 0 Å². The highest BCUT2D eigenvalue weighted by Gasteiger charge is 2.39. The third-order valence-corrected chi connectivity index (χ3v) is 5.02.